The van der Waals surface area contributed by atoms with Crippen LogP contribution in [0.5, 0.6) is 0 Å². The van der Waals surface area contributed by atoms with Crippen molar-refractivity contribution in [2.45, 2.75) is 18.9 Å². The van der Waals surface area contributed by atoms with Crippen LogP contribution < -0.4 is 11.1 Å². The number of fused-ring (bicyclic) bond motifs is 3. The lowest BCUT2D eigenvalue weighted by Gasteiger charge is -2.24. The van der Waals surface area contributed by atoms with Crippen LogP contribution in [0.2, 0.25) is 5.02 Å². The molecular formula is C18H15ClN2O. The lowest BCUT2D eigenvalue weighted by atomic mass is 9.93. The Hall–Kier alpha value is -2.26. The second-order valence-corrected chi connectivity index (χ2v) is 6.13. The summed E-state index contributed by atoms with van der Waals surface area (Å²) in [5.74, 6) is 0.111. The summed E-state index contributed by atoms with van der Waals surface area (Å²) in [6.07, 6.45) is 1.31. The Balaban J connectivity index is 1.93. The average molecular weight is 311 g/mol. The molecule has 1 atom stereocenters. The van der Waals surface area contributed by atoms with Crippen LogP contribution in [0, 0.1) is 0 Å². The first-order chi connectivity index (χ1) is 10.6. The van der Waals surface area contributed by atoms with Gasteiger partial charge in [0, 0.05) is 6.42 Å². The molecule has 0 bridgehead atoms. The van der Waals surface area contributed by atoms with Gasteiger partial charge in [0.1, 0.15) is 0 Å². The van der Waals surface area contributed by atoms with Crippen LogP contribution in [0.15, 0.2) is 48.0 Å². The minimum absolute atomic E-state index is 0.0104. The zero-order valence-corrected chi connectivity index (χ0v) is 12.7. The van der Waals surface area contributed by atoms with Crippen molar-refractivity contribution in [2.24, 2.45) is 0 Å². The molecule has 4 rings (SSSR count). The molecule has 1 saturated heterocycles. The summed E-state index contributed by atoms with van der Waals surface area (Å²) in [7, 11) is 0. The van der Waals surface area contributed by atoms with Gasteiger partial charge in [0.05, 0.1) is 16.8 Å². The second-order valence-electron chi connectivity index (χ2n) is 5.72. The van der Waals surface area contributed by atoms with E-state index in [-0.39, 0.29) is 11.9 Å². The highest BCUT2D eigenvalue weighted by Gasteiger charge is 2.35. The predicted octanol–water partition coefficient (Wildman–Crippen LogP) is 3.69. The Morgan fingerprint density at radius 3 is 2.77 bits per heavy atom. The smallest absolute Gasteiger partial charge is 0.221 e. The fraction of sp³-hybridized carbons (Fsp3) is 0.167. The van der Waals surface area contributed by atoms with Gasteiger partial charge in [0.15, 0.2) is 0 Å². The normalized spacial score (nSPS) is 19.7. The zero-order valence-electron chi connectivity index (χ0n) is 11.9. The standard InChI is InChI=1S/C18H15ClN2O/c19-14-9-10(5-7-15(14)20)17-11-3-1-2-4-12(11)18-13(17)6-8-16(22)21-18/h1-5,7,9,18H,6,8,20H2,(H,21,22). The number of carbonyl (C=O) groups excluding carboxylic acids is 1. The molecule has 4 heteroatoms. The van der Waals surface area contributed by atoms with Gasteiger partial charge < -0.3 is 11.1 Å². The quantitative estimate of drug-likeness (QED) is 0.789. The summed E-state index contributed by atoms with van der Waals surface area (Å²) >= 11 is 6.20. The maximum Gasteiger partial charge on any atom is 0.221 e. The van der Waals surface area contributed by atoms with E-state index in [0.717, 1.165) is 17.5 Å². The van der Waals surface area contributed by atoms with Crippen molar-refractivity contribution >= 4 is 28.8 Å². The summed E-state index contributed by atoms with van der Waals surface area (Å²) in [6.45, 7) is 0. The van der Waals surface area contributed by atoms with Crippen LogP contribution in [0.3, 0.4) is 0 Å². The highest BCUT2D eigenvalue weighted by Crippen LogP contribution is 2.47. The van der Waals surface area contributed by atoms with E-state index in [1.807, 2.05) is 30.3 Å². The number of nitrogen functional groups attached to an aromatic ring is 1. The average Bonchev–Trinajstić information content (AvgIpc) is 2.84. The monoisotopic (exact) mass is 310 g/mol. The van der Waals surface area contributed by atoms with Crippen LogP contribution in [0.1, 0.15) is 35.6 Å². The molecule has 1 fully saturated rings. The molecule has 1 aliphatic carbocycles. The molecule has 2 aromatic rings. The van der Waals surface area contributed by atoms with Gasteiger partial charge >= 0.3 is 0 Å². The molecule has 2 aliphatic rings. The maximum atomic E-state index is 11.8. The molecule has 1 aliphatic heterocycles. The van der Waals surface area contributed by atoms with E-state index >= 15 is 0 Å². The van der Waals surface area contributed by atoms with Crippen LogP contribution in [-0.4, -0.2) is 5.91 Å². The van der Waals surface area contributed by atoms with Crippen molar-refractivity contribution in [1.82, 2.24) is 5.32 Å². The van der Waals surface area contributed by atoms with Gasteiger partial charge in [0.2, 0.25) is 5.91 Å². The molecule has 3 nitrogen and oxygen atoms in total. The first kappa shape index (κ1) is 13.4. The van der Waals surface area contributed by atoms with E-state index in [1.54, 1.807) is 0 Å². The molecule has 0 aromatic heterocycles. The Labute approximate surface area is 133 Å². The lowest BCUT2D eigenvalue weighted by Crippen LogP contribution is -2.32. The molecular weight excluding hydrogens is 296 g/mol. The van der Waals surface area contributed by atoms with Gasteiger partial charge in [-0.1, -0.05) is 41.9 Å². The zero-order chi connectivity index (χ0) is 15.3. The van der Waals surface area contributed by atoms with Gasteiger partial charge in [-0.3, -0.25) is 4.79 Å². The number of hydrogen-bond acceptors (Lipinski definition) is 2. The molecule has 2 aromatic carbocycles. The summed E-state index contributed by atoms with van der Waals surface area (Å²) in [6, 6.07) is 14.0. The third-order valence-corrected chi connectivity index (χ3v) is 4.75. The number of nitrogens with one attached hydrogen (secondary N) is 1. The van der Waals surface area contributed by atoms with Crippen molar-refractivity contribution in [3.05, 3.63) is 69.8 Å². The van der Waals surface area contributed by atoms with E-state index in [2.05, 4.69) is 17.4 Å². The number of piperidine rings is 1. The first-order valence-electron chi connectivity index (χ1n) is 7.32. The molecule has 22 heavy (non-hydrogen) atoms. The van der Waals surface area contributed by atoms with Gasteiger partial charge in [-0.25, -0.2) is 0 Å². The minimum Gasteiger partial charge on any atom is -0.398 e. The van der Waals surface area contributed by atoms with Crippen LogP contribution in [0.25, 0.3) is 5.57 Å². The Morgan fingerprint density at radius 1 is 1.14 bits per heavy atom. The number of nitrogens with two attached hydrogens (primary N) is 1. The fourth-order valence-electron chi connectivity index (χ4n) is 3.42. The maximum absolute atomic E-state index is 11.8. The van der Waals surface area contributed by atoms with E-state index in [0.29, 0.717) is 17.1 Å². The van der Waals surface area contributed by atoms with Crippen LogP contribution >= 0.6 is 11.6 Å². The highest BCUT2D eigenvalue weighted by atomic mass is 35.5. The highest BCUT2D eigenvalue weighted by molar-refractivity contribution is 6.33. The number of hydrogen-bond donors (Lipinski definition) is 2. The summed E-state index contributed by atoms with van der Waals surface area (Å²) in [5, 5.41) is 3.67. The lowest BCUT2D eigenvalue weighted by molar-refractivity contribution is -0.122. The molecule has 0 radical (unpaired) electrons. The topological polar surface area (TPSA) is 55.1 Å². The van der Waals surface area contributed by atoms with Crippen molar-refractivity contribution in [2.75, 3.05) is 5.73 Å². The first-order valence-corrected chi connectivity index (χ1v) is 7.70. The molecule has 1 heterocycles. The third kappa shape index (κ3) is 1.93. The summed E-state index contributed by atoms with van der Waals surface area (Å²) in [5.41, 5.74) is 12.2. The number of amides is 1. The molecule has 3 N–H and O–H groups in total. The van der Waals surface area contributed by atoms with Crippen molar-refractivity contribution in [3.63, 3.8) is 0 Å². The van der Waals surface area contributed by atoms with Gasteiger partial charge in [0.25, 0.3) is 0 Å². The third-order valence-electron chi connectivity index (χ3n) is 4.43. The van der Waals surface area contributed by atoms with E-state index in [9.17, 15) is 4.79 Å². The Morgan fingerprint density at radius 2 is 1.95 bits per heavy atom. The van der Waals surface area contributed by atoms with E-state index in [1.165, 1.54) is 16.7 Å². The van der Waals surface area contributed by atoms with Gasteiger partial charge in [-0.15, -0.1) is 0 Å². The van der Waals surface area contributed by atoms with Crippen molar-refractivity contribution in [1.29, 1.82) is 0 Å². The second kappa shape index (κ2) is 4.89. The minimum atomic E-state index is -0.0104. The summed E-state index contributed by atoms with van der Waals surface area (Å²) in [4.78, 5) is 11.8. The van der Waals surface area contributed by atoms with Gasteiger partial charge in [-0.05, 0) is 46.4 Å². The molecule has 0 spiro atoms. The molecule has 110 valence electrons. The number of rotatable bonds is 1. The Bertz CT molecular complexity index is 826. The van der Waals surface area contributed by atoms with E-state index < -0.39 is 0 Å². The largest absolute Gasteiger partial charge is 0.398 e. The number of halogens is 1. The number of anilines is 1. The predicted molar refractivity (Wildman–Crippen MR) is 88.4 cm³/mol. The van der Waals surface area contributed by atoms with Crippen LogP contribution in [-0.2, 0) is 4.79 Å². The van der Waals surface area contributed by atoms with Gasteiger partial charge in [-0.2, -0.15) is 0 Å². The van der Waals surface area contributed by atoms with Crippen LogP contribution in [0.4, 0.5) is 5.69 Å². The summed E-state index contributed by atoms with van der Waals surface area (Å²) < 4.78 is 0. The van der Waals surface area contributed by atoms with Crippen molar-refractivity contribution < 1.29 is 4.79 Å². The fourth-order valence-corrected chi connectivity index (χ4v) is 3.60. The molecule has 1 unspecified atom stereocenters. The molecule has 1 amide bonds. The Kier molecular flexibility index (Phi) is 2.98. The number of benzene rings is 2. The molecule has 0 saturated carbocycles. The van der Waals surface area contributed by atoms with E-state index in [4.69, 9.17) is 17.3 Å². The SMILES string of the molecule is Nc1ccc(C2=C3CCC(=O)NC3c3ccccc32)cc1Cl. The number of carbonyl (C=O) groups is 1. The van der Waals surface area contributed by atoms with Crippen molar-refractivity contribution in [3.8, 4) is 0 Å².